The average molecular weight is 351 g/mol. The molecular formula is C20H25N5O. The summed E-state index contributed by atoms with van der Waals surface area (Å²) >= 11 is 0. The third-order valence-electron chi connectivity index (χ3n) is 4.87. The normalized spacial score (nSPS) is 15.6. The number of amides is 1. The molecule has 0 radical (unpaired) electrons. The fourth-order valence-electron chi connectivity index (χ4n) is 3.08. The van der Waals surface area contributed by atoms with E-state index in [0.717, 1.165) is 17.0 Å². The van der Waals surface area contributed by atoms with Crippen molar-refractivity contribution in [2.45, 2.75) is 46.1 Å². The van der Waals surface area contributed by atoms with Gasteiger partial charge in [0.2, 0.25) is 0 Å². The van der Waals surface area contributed by atoms with E-state index in [9.17, 15) is 4.79 Å². The third-order valence-corrected chi connectivity index (χ3v) is 4.87. The van der Waals surface area contributed by atoms with E-state index >= 15 is 0 Å². The number of aryl methyl sites for hydroxylation is 1. The van der Waals surface area contributed by atoms with E-state index in [1.807, 2.05) is 32.1 Å². The third kappa shape index (κ3) is 3.59. The molecule has 0 aromatic carbocycles. The predicted molar refractivity (Wildman–Crippen MR) is 104 cm³/mol. The average Bonchev–Trinajstić information content (AvgIpc) is 3.35. The monoisotopic (exact) mass is 351 g/mol. The SMILES string of the molecule is C=N/C=C\C=C(/C)c1cc(C)n2ncc(C(=O)NC(C)(C)C3CC3)c2n1. The molecule has 0 aliphatic heterocycles. The summed E-state index contributed by atoms with van der Waals surface area (Å²) in [7, 11) is 0. The van der Waals surface area contributed by atoms with E-state index in [4.69, 9.17) is 0 Å². The number of carbonyl (C=O) groups is 1. The second kappa shape index (κ2) is 6.86. The summed E-state index contributed by atoms with van der Waals surface area (Å²) in [4.78, 5) is 21.2. The number of carbonyl (C=O) groups excluding carboxylic acids is 1. The topological polar surface area (TPSA) is 71.7 Å². The van der Waals surface area contributed by atoms with Crippen molar-refractivity contribution in [3.8, 4) is 0 Å². The number of nitrogens with one attached hydrogen (secondary N) is 1. The lowest BCUT2D eigenvalue weighted by Gasteiger charge is -2.25. The van der Waals surface area contributed by atoms with Crippen LogP contribution in [0.4, 0.5) is 0 Å². The van der Waals surface area contributed by atoms with Crippen LogP contribution in [-0.4, -0.2) is 32.8 Å². The van der Waals surface area contributed by atoms with Gasteiger partial charge in [-0.1, -0.05) is 6.08 Å². The standard InChI is InChI=1S/C20H25N5O/c1-13(7-6-10-21-5)17-11-14(2)25-18(23-17)16(12-22-25)19(26)24-20(3,4)15-8-9-15/h6-7,10-12,15H,5,8-9H2,1-4H3,(H,24,26)/b10-6-,13-7+. The Morgan fingerprint density at radius 2 is 2.19 bits per heavy atom. The number of hydrogen-bond acceptors (Lipinski definition) is 4. The molecule has 1 fully saturated rings. The summed E-state index contributed by atoms with van der Waals surface area (Å²) < 4.78 is 1.71. The van der Waals surface area contributed by atoms with Crippen LogP contribution >= 0.6 is 0 Å². The maximum absolute atomic E-state index is 12.8. The molecule has 1 aliphatic rings. The minimum absolute atomic E-state index is 0.127. The Kier molecular flexibility index (Phi) is 4.76. The van der Waals surface area contributed by atoms with Gasteiger partial charge in [-0.25, -0.2) is 9.50 Å². The summed E-state index contributed by atoms with van der Waals surface area (Å²) in [6.45, 7) is 11.5. The van der Waals surface area contributed by atoms with E-state index in [0.29, 0.717) is 17.1 Å². The second-order valence-corrected chi connectivity index (χ2v) is 7.40. The van der Waals surface area contributed by atoms with Crippen LogP contribution < -0.4 is 5.32 Å². The zero-order valence-electron chi connectivity index (χ0n) is 15.8. The number of fused-ring (bicyclic) bond motifs is 1. The first kappa shape index (κ1) is 18.0. The van der Waals surface area contributed by atoms with Crippen LogP contribution in [0.3, 0.4) is 0 Å². The van der Waals surface area contributed by atoms with Crippen LogP contribution in [0.15, 0.2) is 35.6 Å². The zero-order valence-corrected chi connectivity index (χ0v) is 15.8. The lowest BCUT2D eigenvalue weighted by molar-refractivity contribution is 0.0905. The molecule has 0 saturated heterocycles. The van der Waals surface area contributed by atoms with Crippen molar-refractivity contribution in [1.82, 2.24) is 19.9 Å². The van der Waals surface area contributed by atoms with Gasteiger partial charge in [-0.2, -0.15) is 5.10 Å². The van der Waals surface area contributed by atoms with Crippen molar-refractivity contribution in [2.24, 2.45) is 10.9 Å². The highest BCUT2D eigenvalue weighted by Crippen LogP contribution is 2.39. The van der Waals surface area contributed by atoms with Gasteiger partial charge < -0.3 is 5.32 Å². The van der Waals surface area contributed by atoms with Crippen LogP contribution in [0.1, 0.15) is 55.4 Å². The summed E-state index contributed by atoms with van der Waals surface area (Å²) in [5.41, 5.74) is 3.56. The Hall–Kier alpha value is -2.76. The van der Waals surface area contributed by atoms with Crippen molar-refractivity contribution in [1.29, 1.82) is 0 Å². The van der Waals surface area contributed by atoms with E-state index < -0.39 is 0 Å². The Balaban J connectivity index is 1.97. The fourth-order valence-corrected chi connectivity index (χ4v) is 3.08. The van der Waals surface area contributed by atoms with Gasteiger partial charge >= 0.3 is 0 Å². The lowest BCUT2D eigenvalue weighted by atomic mass is 9.98. The molecule has 2 aromatic rings. The summed E-state index contributed by atoms with van der Waals surface area (Å²) in [5, 5.41) is 7.49. The van der Waals surface area contributed by atoms with Crippen molar-refractivity contribution in [2.75, 3.05) is 0 Å². The van der Waals surface area contributed by atoms with Crippen LogP contribution in [0.25, 0.3) is 11.2 Å². The lowest BCUT2D eigenvalue weighted by Crippen LogP contribution is -2.45. The molecule has 0 spiro atoms. The molecule has 6 heteroatoms. The Morgan fingerprint density at radius 1 is 1.46 bits per heavy atom. The molecule has 136 valence electrons. The molecule has 0 unspecified atom stereocenters. The molecule has 1 N–H and O–H groups in total. The van der Waals surface area contributed by atoms with Crippen LogP contribution in [0.2, 0.25) is 0 Å². The summed E-state index contributed by atoms with van der Waals surface area (Å²) in [5.74, 6) is 0.423. The summed E-state index contributed by atoms with van der Waals surface area (Å²) in [6, 6.07) is 1.96. The Morgan fingerprint density at radius 3 is 2.85 bits per heavy atom. The van der Waals surface area contributed by atoms with Crippen molar-refractivity contribution in [3.05, 3.63) is 47.6 Å². The van der Waals surface area contributed by atoms with Crippen LogP contribution in [-0.2, 0) is 0 Å². The highest BCUT2D eigenvalue weighted by Gasteiger charge is 2.39. The maximum atomic E-state index is 12.8. The highest BCUT2D eigenvalue weighted by atomic mass is 16.1. The van der Waals surface area contributed by atoms with Gasteiger partial charge in [-0.15, -0.1) is 0 Å². The Bertz CT molecular complexity index is 916. The fraction of sp³-hybridized carbons (Fsp3) is 0.400. The van der Waals surface area contributed by atoms with Gasteiger partial charge in [0.1, 0.15) is 5.56 Å². The number of aliphatic imine (C=N–C) groups is 1. The molecule has 26 heavy (non-hydrogen) atoms. The number of allylic oxidation sites excluding steroid dienone is 3. The zero-order chi connectivity index (χ0) is 18.9. The highest BCUT2D eigenvalue weighted by molar-refractivity contribution is 6.00. The first-order valence-electron chi connectivity index (χ1n) is 8.81. The van der Waals surface area contributed by atoms with Gasteiger partial charge in [0.25, 0.3) is 5.91 Å². The smallest absolute Gasteiger partial charge is 0.257 e. The van der Waals surface area contributed by atoms with E-state index in [1.165, 1.54) is 12.8 Å². The number of nitrogens with zero attached hydrogens (tertiary/aromatic N) is 4. The summed E-state index contributed by atoms with van der Waals surface area (Å²) in [6.07, 6.45) is 9.27. The molecule has 0 bridgehead atoms. The molecule has 3 rings (SSSR count). The van der Waals surface area contributed by atoms with E-state index in [1.54, 1.807) is 16.9 Å². The minimum Gasteiger partial charge on any atom is -0.347 e. The quantitative estimate of drug-likeness (QED) is 0.639. The van der Waals surface area contributed by atoms with Crippen molar-refractivity contribution < 1.29 is 4.79 Å². The predicted octanol–water partition coefficient (Wildman–Crippen LogP) is 3.57. The largest absolute Gasteiger partial charge is 0.347 e. The van der Waals surface area contributed by atoms with Gasteiger partial charge in [0, 0.05) is 17.4 Å². The molecule has 1 saturated carbocycles. The second-order valence-electron chi connectivity index (χ2n) is 7.40. The molecule has 2 heterocycles. The number of aromatic nitrogens is 3. The van der Waals surface area contributed by atoms with Gasteiger partial charge in [-0.3, -0.25) is 9.79 Å². The van der Waals surface area contributed by atoms with Crippen molar-refractivity contribution in [3.63, 3.8) is 0 Å². The van der Waals surface area contributed by atoms with Crippen LogP contribution in [0.5, 0.6) is 0 Å². The Labute approximate surface area is 153 Å². The molecule has 2 aromatic heterocycles. The van der Waals surface area contributed by atoms with Crippen molar-refractivity contribution >= 4 is 23.8 Å². The van der Waals surface area contributed by atoms with E-state index in [2.05, 4.69) is 41.0 Å². The van der Waals surface area contributed by atoms with Gasteiger partial charge in [0.15, 0.2) is 5.65 Å². The molecule has 1 amide bonds. The molecular weight excluding hydrogens is 326 g/mol. The number of hydrogen-bond donors (Lipinski definition) is 1. The minimum atomic E-state index is -0.212. The molecule has 6 nitrogen and oxygen atoms in total. The molecule has 1 aliphatic carbocycles. The van der Waals surface area contributed by atoms with E-state index in [-0.39, 0.29) is 11.4 Å². The molecule has 0 atom stereocenters. The van der Waals surface area contributed by atoms with Crippen LogP contribution in [0, 0.1) is 12.8 Å². The number of rotatable bonds is 6. The van der Waals surface area contributed by atoms with Gasteiger partial charge in [0.05, 0.1) is 11.9 Å². The first-order chi connectivity index (χ1) is 12.3. The van der Waals surface area contributed by atoms with Gasteiger partial charge in [-0.05, 0) is 70.9 Å². The first-order valence-corrected chi connectivity index (χ1v) is 8.81. The maximum Gasteiger partial charge on any atom is 0.257 e.